The molecule has 2 aromatic rings. The van der Waals surface area contributed by atoms with Crippen LogP contribution in [0.4, 0.5) is 11.4 Å². The van der Waals surface area contributed by atoms with Gasteiger partial charge in [0.25, 0.3) is 5.91 Å². The van der Waals surface area contributed by atoms with Crippen molar-refractivity contribution in [2.75, 3.05) is 10.6 Å². The molecular weight excluding hydrogens is 402 g/mol. The van der Waals surface area contributed by atoms with Crippen molar-refractivity contribution in [3.05, 3.63) is 59.1 Å². The summed E-state index contributed by atoms with van der Waals surface area (Å²) in [7, 11) is 0. The largest absolute Gasteiger partial charge is 0.340 e. The molecule has 1 atom stereocenters. The molecule has 30 heavy (non-hydrogen) atoms. The Morgan fingerprint density at radius 2 is 1.63 bits per heavy atom. The minimum absolute atomic E-state index is 0.00592. The van der Waals surface area contributed by atoms with Gasteiger partial charge in [-0.2, -0.15) is 0 Å². The van der Waals surface area contributed by atoms with Gasteiger partial charge >= 0.3 is 0 Å². The van der Waals surface area contributed by atoms with Crippen molar-refractivity contribution in [1.29, 1.82) is 0 Å². The molecule has 1 fully saturated rings. The maximum atomic E-state index is 12.9. The highest BCUT2D eigenvalue weighted by Gasteiger charge is 2.29. The molecular formula is C23H26ClN3O3. The minimum atomic E-state index is -0.696. The Labute approximate surface area is 181 Å². The Balaban J connectivity index is 1.66. The predicted octanol–water partition coefficient (Wildman–Crippen LogP) is 4.47. The molecule has 0 radical (unpaired) electrons. The van der Waals surface area contributed by atoms with Crippen LogP contribution in [-0.2, 0) is 9.59 Å². The third kappa shape index (κ3) is 6.32. The first kappa shape index (κ1) is 21.8. The van der Waals surface area contributed by atoms with Crippen molar-refractivity contribution in [3.8, 4) is 0 Å². The van der Waals surface area contributed by atoms with Crippen molar-refractivity contribution >= 4 is 40.7 Å². The first-order valence-electron chi connectivity index (χ1n) is 10.1. The van der Waals surface area contributed by atoms with Crippen LogP contribution in [0.15, 0.2) is 48.5 Å². The Morgan fingerprint density at radius 1 is 1.00 bits per heavy atom. The van der Waals surface area contributed by atoms with Crippen LogP contribution in [0.1, 0.15) is 43.5 Å². The van der Waals surface area contributed by atoms with Crippen molar-refractivity contribution in [2.24, 2.45) is 11.8 Å². The highest BCUT2D eigenvalue weighted by atomic mass is 35.5. The van der Waals surface area contributed by atoms with Crippen LogP contribution in [0.2, 0.25) is 5.02 Å². The minimum Gasteiger partial charge on any atom is -0.340 e. The molecule has 2 aromatic carbocycles. The quantitative estimate of drug-likeness (QED) is 0.580. The predicted molar refractivity (Wildman–Crippen MR) is 119 cm³/mol. The van der Waals surface area contributed by atoms with Crippen molar-refractivity contribution in [3.63, 3.8) is 0 Å². The smallest absolute Gasteiger partial charge is 0.251 e. The summed E-state index contributed by atoms with van der Waals surface area (Å²) in [5.41, 5.74) is 1.63. The Bertz CT molecular complexity index is 924. The molecule has 1 saturated carbocycles. The fraction of sp³-hybridized carbons (Fsp3) is 0.348. The third-order valence-electron chi connectivity index (χ3n) is 4.78. The maximum absolute atomic E-state index is 12.9. The van der Waals surface area contributed by atoms with Gasteiger partial charge in [-0.15, -0.1) is 0 Å². The third-order valence-corrected chi connectivity index (χ3v) is 5.03. The molecule has 3 rings (SSSR count). The number of nitrogens with one attached hydrogen (secondary N) is 3. The molecule has 1 aliphatic rings. The van der Waals surface area contributed by atoms with Crippen LogP contribution in [0, 0.1) is 11.8 Å². The summed E-state index contributed by atoms with van der Waals surface area (Å²) in [6, 6.07) is 12.8. The van der Waals surface area contributed by atoms with E-state index in [1.165, 1.54) is 0 Å². The van der Waals surface area contributed by atoms with Crippen LogP contribution in [0.25, 0.3) is 0 Å². The van der Waals surface area contributed by atoms with Gasteiger partial charge in [-0.25, -0.2) is 0 Å². The lowest BCUT2D eigenvalue weighted by Gasteiger charge is -2.20. The lowest BCUT2D eigenvalue weighted by molar-refractivity contribution is -0.118. The lowest BCUT2D eigenvalue weighted by atomic mass is 10.0. The fourth-order valence-corrected chi connectivity index (χ4v) is 3.17. The molecule has 0 heterocycles. The number of carbonyl (C=O) groups is 3. The first-order valence-corrected chi connectivity index (χ1v) is 10.5. The van der Waals surface area contributed by atoms with E-state index in [-0.39, 0.29) is 29.6 Å². The number of carbonyl (C=O) groups excluding carboxylic acids is 3. The van der Waals surface area contributed by atoms with Gasteiger partial charge in [0, 0.05) is 27.9 Å². The van der Waals surface area contributed by atoms with E-state index in [1.807, 2.05) is 13.8 Å². The van der Waals surface area contributed by atoms with Crippen LogP contribution >= 0.6 is 11.6 Å². The molecule has 6 nitrogen and oxygen atoms in total. The second-order valence-electron chi connectivity index (χ2n) is 8.00. The van der Waals surface area contributed by atoms with Gasteiger partial charge in [0.15, 0.2) is 0 Å². The lowest BCUT2D eigenvalue weighted by Crippen LogP contribution is -2.44. The topological polar surface area (TPSA) is 87.3 Å². The maximum Gasteiger partial charge on any atom is 0.251 e. The highest BCUT2D eigenvalue weighted by Crippen LogP contribution is 2.30. The number of hydrogen-bond acceptors (Lipinski definition) is 3. The summed E-state index contributed by atoms with van der Waals surface area (Å²) in [6.07, 6.45) is 2.34. The van der Waals surface area contributed by atoms with Crippen LogP contribution in [0.5, 0.6) is 0 Å². The second kappa shape index (κ2) is 9.76. The number of anilines is 2. The van der Waals surface area contributed by atoms with E-state index in [0.717, 1.165) is 12.8 Å². The number of amides is 3. The Hall–Kier alpha value is -2.86. The summed E-state index contributed by atoms with van der Waals surface area (Å²) >= 11 is 5.87. The fourth-order valence-electron chi connectivity index (χ4n) is 3.04. The molecule has 3 amide bonds. The number of halogens is 1. The van der Waals surface area contributed by atoms with Crippen LogP contribution in [-0.4, -0.2) is 23.8 Å². The molecule has 1 unspecified atom stereocenters. The monoisotopic (exact) mass is 427 g/mol. The van der Waals surface area contributed by atoms with Gasteiger partial charge in [0.05, 0.1) is 0 Å². The van der Waals surface area contributed by atoms with E-state index in [0.29, 0.717) is 28.4 Å². The molecule has 0 saturated heterocycles. The van der Waals surface area contributed by atoms with E-state index >= 15 is 0 Å². The zero-order valence-electron chi connectivity index (χ0n) is 17.1. The SMILES string of the molecule is CC(C)CC(NC(=O)c1ccc(Cl)cc1)C(=O)Nc1cccc(NC(=O)C2CC2)c1. The standard InChI is InChI=1S/C23H26ClN3O3/c1-14(2)12-20(27-22(29)16-8-10-17(24)11-9-16)23(30)26-19-5-3-4-18(13-19)25-21(28)15-6-7-15/h3-5,8-11,13-15,20H,6-7,12H2,1-2H3,(H,25,28)(H,26,30)(H,27,29). The summed E-state index contributed by atoms with van der Waals surface area (Å²) in [5, 5.41) is 9.06. The summed E-state index contributed by atoms with van der Waals surface area (Å²) in [4.78, 5) is 37.4. The van der Waals surface area contributed by atoms with Gasteiger partial charge < -0.3 is 16.0 Å². The van der Waals surface area contributed by atoms with Gasteiger partial charge in [0.1, 0.15) is 6.04 Å². The van der Waals surface area contributed by atoms with E-state index < -0.39 is 6.04 Å². The zero-order valence-corrected chi connectivity index (χ0v) is 17.8. The van der Waals surface area contributed by atoms with E-state index in [1.54, 1.807) is 48.5 Å². The van der Waals surface area contributed by atoms with E-state index in [9.17, 15) is 14.4 Å². The van der Waals surface area contributed by atoms with Gasteiger partial charge in [-0.3, -0.25) is 14.4 Å². The highest BCUT2D eigenvalue weighted by molar-refractivity contribution is 6.30. The van der Waals surface area contributed by atoms with Crippen molar-refractivity contribution in [2.45, 2.75) is 39.2 Å². The Morgan fingerprint density at radius 3 is 2.23 bits per heavy atom. The Kier molecular flexibility index (Phi) is 7.11. The summed E-state index contributed by atoms with van der Waals surface area (Å²) < 4.78 is 0. The summed E-state index contributed by atoms with van der Waals surface area (Å²) in [6.45, 7) is 3.98. The second-order valence-corrected chi connectivity index (χ2v) is 8.43. The molecule has 3 N–H and O–H groups in total. The van der Waals surface area contributed by atoms with Crippen molar-refractivity contribution < 1.29 is 14.4 Å². The van der Waals surface area contributed by atoms with Crippen LogP contribution in [0.3, 0.4) is 0 Å². The number of rotatable bonds is 8. The molecule has 0 bridgehead atoms. The van der Waals surface area contributed by atoms with Gasteiger partial charge in [-0.05, 0) is 67.6 Å². The zero-order chi connectivity index (χ0) is 21.7. The van der Waals surface area contributed by atoms with Gasteiger partial charge in [-0.1, -0.05) is 31.5 Å². The van der Waals surface area contributed by atoms with Gasteiger partial charge in [0.2, 0.25) is 11.8 Å². The molecule has 158 valence electrons. The summed E-state index contributed by atoms with van der Waals surface area (Å²) in [5.74, 6) is -0.335. The normalized spacial score (nSPS) is 14.1. The molecule has 7 heteroatoms. The average Bonchev–Trinajstić information content (AvgIpc) is 3.53. The average molecular weight is 428 g/mol. The number of hydrogen-bond donors (Lipinski definition) is 3. The number of benzene rings is 2. The molecule has 1 aliphatic carbocycles. The first-order chi connectivity index (χ1) is 14.3. The van der Waals surface area contributed by atoms with E-state index in [2.05, 4.69) is 16.0 Å². The van der Waals surface area contributed by atoms with Crippen molar-refractivity contribution in [1.82, 2.24) is 5.32 Å². The molecule has 0 aromatic heterocycles. The molecule has 0 aliphatic heterocycles. The molecule has 0 spiro atoms. The van der Waals surface area contributed by atoms with Crippen LogP contribution < -0.4 is 16.0 Å². The van der Waals surface area contributed by atoms with E-state index in [4.69, 9.17) is 11.6 Å².